The third-order valence-electron chi connectivity index (χ3n) is 7.19. The third-order valence-corrected chi connectivity index (χ3v) is 7.19. The number of hydrogen-bond acceptors (Lipinski definition) is 2. The van der Waals surface area contributed by atoms with E-state index >= 15 is 0 Å². The van der Waals surface area contributed by atoms with Crippen molar-refractivity contribution in [3.8, 4) is 33.4 Å². The van der Waals surface area contributed by atoms with Gasteiger partial charge in [-0.25, -0.2) is 0 Å². The van der Waals surface area contributed by atoms with Gasteiger partial charge < -0.3 is 10.6 Å². The number of aryl methyl sites for hydroxylation is 2. The summed E-state index contributed by atoms with van der Waals surface area (Å²) in [5.74, 6) is 0. The number of rotatable bonds is 7. The highest BCUT2D eigenvalue weighted by atomic mass is 15.0. The molecule has 0 atom stereocenters. The van der Waals surface area contributed by atoms with Crippen LogP contribution < -0.4 is 10.6 Å². The molecule has 2 nitrogen and oxygen atoms in total. The lowest BCUT2D eigenvalue weighted by molar-refractivity contribution is 1.45. The van der Waals surface area contributed by atoms with E-state index in [1.807, 2.05) is 0 Å². The molecule has 6 aromatic carbocycles. The lowest BCUT2D eigenvalue weighted by Gasteiger charge is -2.21. The Morgan fingerprint density at radius 3 is 1.40 bits per heavy atom. The standard InChI is InChI=1S/C38H32N2/c1-27-13-10-17-30(25-27)32-19-6-8-22-35(32)39-37-24-12-21-34(29-15-4-3-5-16-29)38(37)40-36-23-9-7-20-33(36)31-18-11-14-28(2)26-31/h3-26,39-40H,1-2H3. The Balaban J connectivity index is 1.48. The van der Waals surface area contributed by atoms with Crippen LogP contribution in [0.4, 0.5) is 22.7 Å². The van der Waals surface area contributed by atoms with Crippen LogP contribution in [0, 0.1) is 13.8 Å². The zero-order valence-corrected chi connectivity index (χ0v) is 22.9. The molecule has 0 bridgehead atoms. The molecule has 0 aromatic heterocycles. The molecule has 0 unspecified atom stereocenters. The second-order valence-corrected chi connectivity index (χ2v) is 10.2. The summed E-state index contributed by atoms with van der Waals surface area (Å²) in [6, 6.07) is 51.4. The molecule has 0 spiro atoms. The largest absolute Gasteiger partial charge is 0.353 e. The first kappa shape index (κ1) is 25.2. The normalized spacial score (nSPS) is 10.8. The molecule has 0 saturated heterocycles. The van der Waals surface area contributed by atoms with Crippen molar-refractivity contribution in [2.75, 3.05) is 10.6 Å². The van der Waals surface area contributed by atoms with Crippen molar-refractivity contribution < 1.29 is 0 Å². The van der Waals surface area contributed by atoms with Gasteiger partial charge in [-0.3, -0.25) is 0 Å². The molecule has 2 heteroatoms. The fourth-order valence-electron chi connectivity index (χ4n) is 5.24. The Morgan fingerprint density at radius 2 is 0.800 bits per heavy atom. The lowest BCUT2D eigenvalue weighted by atomic mass is 9.99. The Bertz CT molecular complexity index is 1770. The van der Waals surface area contributed by atoms with Gasteiger partial charge in [-0.2, -0.15) is 0 Å². The van der Waals surface area contributed by atoms with Crippen molar-refractivity contribution in [2.24, 2.45) is 0 Å². The van der Waals surface area contributed by atoms with E-state index in [4.69, 9.17) is 0 Å². The van der Waals surface area contributed by atoms with Crippen LogP contribution >= 0.6 is 0 Å². The SMILES string of the molecule is Cc1cccc(-c2ccccc2Nc2cccc(-c3ccccc3)c2Nc2ccccc2-c2cccc(C)c2)c1. The van der Waals surface area contributed by atoms with Crippen LogP contribution in [0.3, 0.4) is 0 Å². The molecule has 0 fully saturated rings. The monoisotopic (exact) mass is 516 g/mol. The van der Waals surface area contributed by atoms with Crippen LogP contribution in [0.5, 0.6) is 0 Å². The summed E-state index contributed by atoms with van der Waals surface area (Å²) in [4.78, 5) is 0. The van der Waals surface area contributed by atoms with Crippen LogP contribution in [0.25, 0.3) is 33.4 Å². The Hall–Kier alpha value is -5.08. The highest BCUT2D eigenvalue weighted by Gasteiger charge is 2.15. The molecule has 194 valence electrons. The van der Waals surface area contributed by atoms with Crippen LogP contribution in [0.15, 0.2) is 146 Å². The van der Waals surface area contributed by atoms with Crippen molar-refractivity contribution in [1.82, 2.24) is 0 Å². The van der Waals surface area contributed by atoms with Gasteiger partial charge in [0, 0.05) is 28.1 Å². The summed E-state index contributed by atoms with van der Waals surface area (Å²) in [5.41, 5.74) is 13.7. The minimum atomic E-state index is 1.01. The molecular weight excluding hydrogens is 484 g/mol. The number of para-hydroxylation sites is 3. The van der Waals surface area contributed by atoms with Crippen LogP contribution in [0.1, 0.15) is 11.1 Å². The van der Waals surface area contributed by atoms with Crippen LogP contribution in [-0.2, 0) is 0 Å². The van der Waals surface area contributed by atoms with Gasteiger partial charge in [0.1, 0.15) is 0 Å². The highest BCUT2D eigenvalue weighted by Crippen LogP contribution is 2.41. The predicted octanol–water partition coefficient (Wildman–Crippen LogP) is 10.8. The maximum atomic E-state index is 3.85. The smallest absolute Gasteiger partial charge is 0.0703 e. The molecule has 6 rings (SSSR count). The summed E-state index contributed by atoms with van der Waals surface area (Å²) in [6.45, 7) is 4.27. The molecular formula is C38H32N2. The van der Waals surface area contributed by atoms with Crippen molar-refractivity contribution in [1.29, 1.82) is 0 Å². The van der Waals surface area contributed by atoms with Gasteiger partial charge in [-0.15, -0.1) is 0 Å². The topological polar surface area (TPSA) is 24.1 Å². The Kier molecular flexibility index (Phi) is 7.15. The molecule has 6 aromatic rings. The van der Waals surface area contributed by atoms with Crippen LogP contribution in [0.2, 0.25) is 0 Å². The fourth-order valence-corrected chi connectivity index (χ4v) is 5.24. The van der Waals surface area contributed by atoms with E-state index in [2.05, 4.69) is 170 Å². The molecule has 0 aliphatic heterocycles. The van der Waals surface area contributed by atoms with E-state index < -0.39 is 0 Å². The van der Waals surface area contributed by atoms with Crippen molar-refractivity contribution >= 4 is 22.7 Å². The number of anilines is 4. The number of nitrogens with one attached hydrogen (secondary N) is 2. The van der Waals surface area contributed by atoms with Gasteiger partial charge in [0.2, 0.25) is 0 Å². The van der Waals surface area contributed by atoms with E-state index in [9.17, 15) is 0 Å². The summed E-state index contributed by atoms with van der Waals surface area (Å²) in [5, 5.41) is 7.65. The maximum Gasteiger partial charge on any atom is 0.0703 e. The van der Waals surface area contributed by atoms with Crippen LogP contribution in [-0.4, -0.2) is 0 Å². The highest BCUT2D eigenvalue weighted by molar-refractivity contribution is 5.95. The third kappa shape index (κ3) is 5.39. The predicted molar refractivity (Wildman–Crippen MR) is 172 cm³/mol. The number of benzene rings is 6. The van der Waals surface area contributed by atoms with Gasteiger partial charge in [0.25, 0.3) is 0 Å². The molecule has 0 aliphatic carbocycles. The molecule has 0 amide bonds. The fraction of sp³-hybridized carbons (Fsp3) is 0.0526. The van der Waals surface area contributed by atoms with Gasteiger partial charge in [-0.05, 0) is 48.7 Å². The van der Waals surface area contributed by atoms with E-state index in [1.54, 1.807) is 0 Å². The first-order valence-corrected chi connectivity index (χ1v) is 13.7. The summed E-state index contributed by atoms with van der Waals surface area (Å²) in [6.07, 6.45) is 0. The molecule has 0 heterocycles. The maximum absolute atomic E-state index is 3.85. The molecule has 0 radical (unpaired) electrons. The average Bonchev–Trinajstić information content (AvgIpc) is 2.99. The summed E-state index contributed by atoms with van der Waals surface area (Å²) >= 11 is 0. The molecule has 40 heavy (non-hydrogen) atoms. The summed E-state index contributed by atoms with van der Waals surface area (Å²) < 4.78 is 0. The average molecular weight is 517 g/mol. The number of hydrogen-bond donors (Lipinski definition) is 2. The van der Waals surface area contributed by atoms with E-state index in [-0.39, 0.29) is 0 Å². The minimum Gasteiger partial charge on any atom is -0.353 e. The molecule has 0 aliphatic rings. The Labute approximate surface area is 237 Å². The zero-order chi connectivity index (χ0) is 27.3. The summed E-state index contributed by atoms with van der Waals surface area (Å²) in [7, 11) is 0. The van der Waals surface area contributed by atoms with Crippen molar-refractivity contribution in [2.45, 2.75) is 13.8 Å². The van der Waals surface area contributed by atoms with Gasteiger partial charge in [0.15, 0.2) is 0 Å². The van der Waals surface area contributed by atoms with Gasteiger partial charge in [-0.1, -0.05) is 139 Å². The first-order chi connectivity index (χ1) is 19.7. The van der Waals surface area contributed by atoms with E-state index in [0.717, 1.165) is 33.9 Å². The van der Waals surface area contributed by atoms with Gasteiger partial charge in [0.05, 0.1) is 11.4 Å². The quantitative estimate of drug-likeness (QED) is 0.220. The lowest BCUT2D eigenvalue weighted by Crippen LogP contribution is -2.02. The minimum absolute atomic E-state index is 1.01. The second kappa shape index (κ2) is 11.3. The first-order valence-electron chi connectivity index (χ1n) is 13.7. The van der Waals surface area contributed by atoms with Gasteiger partial charge >= 0.3 is 0 Å². The van der Waals surface area contributed by atoms with Crippen molar-refractivity contribution in [3.63, 3.8) is 0 Å². The molecule has 2 N–H and O–H groups in total. The van der Waals surface area contributed by atoms with E-state index in [0.29, 0.717) is 0 Å². The molecule has 0 saturated carbocycles. The second-order valence-electron chi connectivity index (χ2n) is 10.2. The Morgan fingerprint density at radius 1 is 0.350 bits per heavy atom. The van der Waals surface area contributed by atoms with Crippen molar-refractivity contribution in [3.05, 3.63) is 157 Å². The van der Waals surface area contributed by atoms with E-state index in [1.165, 1.54) is 33.4 Å². The zero-order valence-electron chi connectivity index (χ0n) is 22.9.